The van der Waals surface area contributed by atoms with Crippen molar-refractivity contribution in [3.8, 4) is 0 Å². The fourth-order valence-electron chi connectivity index (χ4n) is 7.98. The molecule has 0 spiro atoms. The maximum Gasteiger partial charge on any atom is 0.349 e. The summed E-state index contributed by atoms with van der Waals surface area (Å²) in [4.78, 5) is 39.7. The molecule has 0 radical (unpaired) electrons. The van der Waals surface area contributed by atoms with E-state index in [1.54, 1.807) is 26.0 Å². The van der Waals surface area contributed by atoms with Crippen molar-refractivity contribution in [2.75, 3.05) is 0 Å². The number of alkyl halides is 2. The molecule has 1 aromatic heterocycles. The van der Waals surface area contributed by atoms with Crippen LogP contribution in [0, 0.1) is 35.5 Å². The summed E-state index contributed by atoms with van der Waals surface area (Å²) in [5, 5.41) is 10.8. The van der Waals surface area contributed by atoms with Crippen LogP contribution in [0.15, 0.2) is 35.9 Å². The van der Waals surface area contributed by atoms with E-state index in [-0.39, 0.29) is 18.4 Å². The van der Waals surface area contributed by atoms with Gasteiger partial charge in [0.1, 0.15) is 11.0 Å². The van der Waals surface area contributed by atoms with Crippen LogP contribution in [0.2, 0.25) is 0 Å². The lowest BCUT2D eigenvalue weighted by Crippen LogP contribution is -2.70. The Labute approximate surface area is 218 Å². The molecule has 5 rings (SSSR count). The molecule has 3 saturated carbocycles. The van der Waals surface area contributed by atoms with Crippen LogP contribution in [0.1, 0.15) is 54.6 Å². The van der Waals surface area contributed by atoms with Gasteiger partial charge in [-0.2, -0.15) is 0 Å². The molecule has 9 atom stereocenters. The molecule has 36 heavy (non-hydrogen) atoms. The van der Waals surface area contributed by atoms with Crippen molar-refractivity contribution in [1.82, 2.24) is 0 Å². The summed E-state index contributed by atoms with van der Waals surface area (Å²) in [6, 6.07) is 3.40. The number of halogens is 2. The summed E-state index contributed by atoms with van der Waals surface area (Å²) < 4.78 is 38.9. The zero-order valence-corrected chi connectivity index (χ0v) is 22.3. The van der Waals surface area contributed by atoms with Gasteiger partial charge < -0.3 is 9.84 Å². The molecule has 0 amide bonds. The predicted octanol–water partition coefficient (Wildman–Crippen LogP) is 4.97. The Morgan fingerprint density at radius 2 is 1.92 bits per heavy atom. The average Bonchev–Trinajstić information content (AvgIpc) is 3.32. The Morgan fingerprint density at radius 1 is 1.22 bits per heavy atom. The van der Waals surface area contributed by atoms with E-state index in [2.05, 4.69) is 12.6 Å². The van der Waals surface area contributed by atoms with Crippen LogP contribution in [0.25, 0.3) is 0 Å². The van der Waals surface area contributed by atoms with Gasteiger partial charge in [0, 0.05) is 27.5 Å². The fourth-order valence-corrected chi connectivity index (χ4v) is 9.25. The van der Waals surface area contributed by atoms with Gasteiger partial charge in [-0.1, -0.05) is 19.9 Å². The Hall–Kier alpha value is -1.84. The summed E-state index contributed by atoms with van der Waals surface area (Å²) in [7, 11) is 0. The summed E-state index contributed by atoms with van der Waals surface area (Å²) in [6.45, 7) is 6.87. The summed E-state index contributed by atoms with van der Waals surface area (Å²) >= 11 is 5.41. The lowest BCUT2D eigenvalue weighted by molar-refractivity contribution is -0.221. The molecule has 1 heterocycles. The Balaban J connectivity index is 1.61. The van der Waals surface area contributed by atoms with E-state index in [1.807, 2.05) is 6.92 Å². The number of aliphatic hydroxyl groups excluding tert-OH is 1. The minimum absolute atomic E-state index is 0.0403. The number of thiol groups is 1. The number of rotatable bonds is 3. The van der Waals surface area contributed by atoms with E-state index in [4.69, 9.17) is 4.74 Å². The van der Waals surface area contributed by atoms with Gasteiger partial charge in [-0.15, -0.1) is 24.0 Å². The minimum Gasteiger partial charge on any atom is -0.445 e. The van der Waals surface area contributed by atoms with Gasteiger partial charge >= 0.3 is 5.97 Å². The molecule has 9 heteroatoms. The van der Waals surface area contributed by atoms with Crippen LogP contribution in [0.5, 0.6) is 0 Å². The summed E-state index contributed by atoms with van der Waals surface area (Å²) in [5.74, 6) is -3.16. The van der Waals surface area contributed by atoms with Crippen LogP contribution in [-0.4, -0.2) is 45.5 Å². The number of hydrogen-bond acceptors (Lipinski definition) is 6. The van der Waals surface area contributed by atoms with Gasteiger partial charge in [0.2, 0.25) is 5.12 Å². The van der Waals surface area contributed by atoms with Gasteiger partial charge in [0.25, 0.3) is 0 Å². The molecule has 0 saturated heterocycles. The Bertz CT molecular complexity index is 1220. The van der Waals surface area contributed by atoms with Crippen LogP contribution in [0.3, 0.4) is 0 Å². The van der Waals surface area contributed by atoms with Crippen molar-refractivity contribution >= 4 is 40.8 Å². The van der Waals surface area contributed by atoms with Crippen molar-refractivity contribution in [1.29, 1.82) is 0 Å². The number of esters is 1. The van der Waals surface area contributed by atoms with E-state index < -0.39 is 69.0 Å². The highest BCUT2D eigenvalue weighted by Crippen LogP contribution is 2.71. The SMILES string of the molecule is Cc1ccc(C(=O)O[C@]2(C(=O)S)[C@H](C)C[C@H]3[C@@H]4C[C@H](F)C5=CC(=O)C=C[C@]5(C)[C@@]4(F)[C@@H](O)C[C@@]32C)s1. The zero-order valence-electron chi connectivity index (χ0n) is 20.6. The molecule has 4 aliphatic rings. The maximum absolute atomic E-state index is 17.3. The molecular weight excluding hydrogens is 506 g/mol. The number of ketones is 1. The molecular formula is C27H30F2O5S2. The first-order chi connectivity index (χ1) is 16.7. The highest BCUT2D eigenvalue weighted by Gasteiger charge is 2.78. The van der Waals surface area contributed by atoms with Crippen LogP contribution in [0.4, 0.5) is 8.78 Å². The van der Waals surface area contributed by atoms with Gasteiger partial charge in [-0.05, 0) is 68.9 Å². The number of thiophene rings is 1. The molecule has 3 fully saturated rings. The quantitative estimate of drug-likeness (QED) is 0.421. The Morgan fingerprint density at radius 3 is 2.53 bits per heavy atom. The third-order valence-electron chi connectivity index (χ3n) is 9.68. The summed E-state index contributed by atoms with van der Waals surface area (Å²) in [6.07, 6.45) is 0.453. The maximum atomic E-state index is 17.3. The predicted molar refractivity (Wildman–Crippen MR) is 134 cm³/mol. The fraction of sp³-hybridized carbons (Fsp3) is 0.593. The monoisotopic (exact) mass is 536 g/mol. The number of allylic oxidation sites excluding steroid dienone is 4. The van der Waals surface area contributed by atoms with Gasteiger partial charge in [-0.25, -0.2) is 13.6 Å². The molecule has 1 aromatic rings. The van der Waals surface area contributed by atoms with Gasteiger partial charge in [0.15, 0.2) is 17.1 Å². The van der Waals surface area contributed by atoms with Crippen molar-refractivity contribution in [3.05, 3.63) is 45.7 Å². The molecule has 194 valence electrons. The second-order valence-electron chi connectivity index (χ2n) is 11.3. The van der Waals surface area contributed by atoms with Gasteiger partial charge in [-0.3, -0.25) is 9.59 Å². The van der Waals surface area contributed by atoms with E-state index in [0.717, 1.165) is 11.0 Å². The number of ether oxygens (including phenoxy) is 1. The molecule has 0 bridgehead atoms. The number of carbonyl (C=O) groups is 3. The highest BCUT2D eigenvalue weighted by atomic mass is 32.1. The number of carbonyl (C=O) groups excluding carboxylic acids is 3. The van der Waals surface area contributed by atoms with Crippen LogP contribution >= 0.6 is 24.0 Å². The molecule has 0 aromatic carbocycles. The van der Waals surface area contributed by atoms with Crippen LogP contribution in [-0.2, 0) is 14.3 Å². The lowest BCUT2D eigenvalue weighted by Gasteiger charge is -2.63. The molecule has 0 unspecified atom stereocenters. The lowest BCUT2D eigenvalue weighted by atomic mass is 9.44. The number of aryl methyl sites for hydroxylation is 1. The van der Waals surface area contributed by atoms with Crippen molar-refractivity contribution in [2.24, 2.45) is 28.6 Å². The van der Waals surface area contributed by atoms with Crippen LogP contribution < -0.4 is 0 Å². The first kappa shape index (κ1) is 25.8. The highest BCUT2D eigenvalue weighted by molar-refractivity contribution is 7.96. The van der Waals surface area contributed by atoms with E-state index in [0.29, 0.717) is 11.3 Å². The van der Waals surface area contributed by atoms with E-state index in [9.17, 15) is 19.5 Å². The number of fused-ring (bicyclic) bond motifs is 5. The smallest absolute Gasteiger partial charge is 0.349 e. The molecule has 5 nitrogen and oxygen atoms in total. The topological polar surface area (TPSA) is 80.7 Å². The second kappa shape index (κ2) is 8.08. The minimum atomic E-state index is -2.27. The third-order valence-corrected chi connectivity index (χ3v) is 11.0. The van der Waals surface area contributed by atoms with Crippen molar-refractivity contribution in [2.45, 2.75) is 70.5 Å². The van der Waals surface area contributed by atoms with Crippen molar-refractivity contribution in [3.63, 3.8) is 0 Å². The van der Waals surface area contributed by atoms with E-state index in [1.165, 1.54) is 30.4 Å². The first-order valence-corrected chi connectivity index (χ1v) is 13.5. The van der Waals surface area contributed by atoms with Gasteiger partial charge in [0.05, 0.1) is 6.10 Å². The molecule has 1 N–H and O–H groups in total. The first-order valence-electron chi connectivity index (χ1n) is 12.2. The molecule has 4 aliphatic carbocycles. The standard InChI is InChI=1S/C27H30F2O5S2/c1-13-9-16-17-11-19(28)18-10-15(30)7-8-24(18,3)26(17,29)21(31)12-25(16,4)27(13,23(33)35)34-22(32)20-6-5-14(2)36-20/h5-8,10,13,16-17,19,21,31H,9,11-12H2,1-4H3,(H,33,35)/t13-,16+,17+,19+,21+,24+,25+,26+,27+/m1/s1. The van der Waals surface area contributed by atoms with Crippen molar-refractivity contribution < 1.29 is 33.0 Å². The zero-order chi connectivity index (χ0) is 26.4. The average molecular weight is 537 g/mol. The van der Waals surface area contributed by atoms with E-state index >= 15 is 8.78 Å². The number of hydrogen-bond donors (Lipinski definition) is 2. The normalized spacial score (nSPS) is 45.4. The second-order valence-corrected chi connectivity index (χ2v) is 13.0. The summed E-state index contributed by atoms with van der Waals surface area (Å²) in [5.41, 5.74) is -6.65. The molecule has 0 aliphatic heterocycles. The number of aliphatic hydroxyl groups is 1. The third kappa shape index (κ3) is 3.05. The Kier molecular flexibility index (Phi) is 5.79. The largest absolute Gasteiger partial charge is 0.445 e.